The molecule has 23 heavy (non-hydrogen) atoms. The number of carbonyl (C=O) groups excluding carboxylic acids is 1. The quantitative estimate of drug-likeness (QED) is 0.648. The first-order valence-corrected chi connectivity index (χ1v) is 7.61. The highest BCUT2D eigenvalue weighted by Crippen LogP contribution is 2.25. The second kappa shape index (κ2) is 7.26. The first-order chi connectivity index (χ1) is 10.9. The Morgan fingerprint density at radius 1 is 1.57 bits per heavy atom. The molecule has 1 aromatic heterocycles. The van der Waals surface area contributed by atoms with E-state index < -0.39 is 11.1 Å². The number of anilines is 2. The van der Waals surface area contributed by atoms with E-state index in [1.165, 1.54) is 18.3 Å². The smallest absolute Gasteiger partial charge is 0.237 e. The lowest BCUT2D eigenvalue weighted by molar-refractivity contribution is -0.115. The summed E-state index contributed by atoms with van der Waals surface area (Å²) in [7, 11) is 0. The van der Waals surface area contributed by atoms with Crippen molar-refractivity contribution in [3.63, 3.8) is 0 Å². The highest BCUT2D eigenvalue weighted by molar-refractivity contribution is 8.00. The number of nitrogen functional groups attached to an aromatic ring is 1. The molecule has 0 aliphatic rings. The summed E-state index contributed by atoms with van der Waals surface area (Å²) in [6.45, 7) is 1.65. The highest BCUT2D eigenvalue weighted by Gasteiger charge is 2.18. The second-order valence-corrected chi connectivity index (χ2v) is 6.15. The highest BCUT2D eigenvalue weighted by atomic mass is 35.5. The molecule has 9 heteroatoms. The first kappa shape index (κ1) is 17.0. The third-order valence-electron chi connectivity index (χ3n) is 2.76. The second-order valence-electron chi connectivity index (χ2n) is 4.44. The zero-order chi connectivity index (χ0) is 17.0. The number of benzene rings is 1. The number of nitriles is 1. The molecule has 6 nitrogen and oxygen atoms in total. The third-order valence-corrected chi connectivity index (χ3v) is 4.04. The Bertz CT molecular complexity index is 795. The van der Waals surface area contributed by atoms with Crippen LogP contribution in [-0.2, 0) is 4.79 Å². The van der Waals surface area contributed by atoms with Crippen molar-refractivity contribution in [2.24, 2.45) is 0 Å². The molecule has 1 amide bonds. The largest absolute Gasteiger partial charge is 0.382 e. The van der Waals surface area contributed by atoms with Gasteiger partial charge >= 0.3 is 0 Å². The van der Waals surface area contributed by atoms with Crippen LogP contribution in [0.3, 0.4) is 0 Å². The van der Waals surface area contributed by atoms with Crippen LogP contribution >= 0.6 is 23.4 Å². The molecule has 0 saturated carbocycles. The number of rotatable bonds is 4. The Morgan fingerprint density at radius 3 is 2.91 bits per heavy atom. The molecule has 0 aliphatic carbocycles. The van der Waals surface area contributed by atoms with Crippen molar-refractivity contribution in [3.05, 3.63) is 40.8 Å². The molecule has 2 rings (SSSR count). The van der Waals surface area contributed by atoms with Crippen LogP contribution in [0, 0.1) is 17.1 Å². The van der Waals surface area contributed by atoms with E-state index >= 15 is 0 Å². The van der Waals surface area contributed by atoms with E-state index in [2.05, 4.69) is 15.3 Å². The Balaban J connectivity index is 2.05. The Morgan fingerprint density at radius 2 is 2.30 bits per heavy atom. The van der Waals surface area contributed by atoms with Crippen LogP contribution in [0.15, 0.2) is 29.6 Å². The van der Waals surface area contributed by atoms with Gasteiger partial charge in [0.25, 0.3) is 0 Å². The number of halogens is 2. The number of hydrogen-bond acceptors (Lipinski definition) is 6. The van der Waals surface area contributed by atoms with Gasteiger partial charge in [-0.25, -0.2) is 14.4 Å². The normalized spacial score (nSPS) is 11.6. The lowest BCUT2D eigenvalue weighted by Gasteiger charge is -2.12. The average molecular weight is 352 g/mol. The molecule has 0 saturated heterocycles. The summed E-state index contributed by atoms with van der Waals surface area (Å²) in [5.74, 6) is -0.786. The maximum Gasteiger partial charge on any atom is 0.237 e. The van der Waals surface area contributed by atoms with E-state index in [1.54, 1.807) is 6.92 Å². The van der Waals surface area contributed by atoms with Crippen molar-refractivity contribution in [1.29, 1.82) is 5.26 Å². The van der Waals surface area contributed by atoms with E-state index in [1.807, 2.05) is 6.07 Å². The predicted molar refractivity (Wildman–Crippen MR) is 86.5 cm³/mol. The fourth-order valence-electron chi connectivity index (χ4n) is 1.56. The van der Waals surface area contributed by atoms with Gasteiger partial charge < -0.3 is 11.1 Å². The molecule has 1 heterocycles. The van der Waals surface area contributed by atoms with Gasteiger partial charge in [0.1, 0.15) is 23.3 Å². The lowest BCUT2D eigenvalue weighted by atomic mass is 10.3. The van der Waals surface area contributed by atoms with Gasteiger partial charge in [0.2, 0.25) is 5.91 Å². The zero-order valence-electron chi connectivity index (χ0n) is 11.9. The van der Waals surface area contributed by atoms with Gasteiger partial charge in [-0.1, -0.05) is 23.4 Å². The molecule has 0 unspecified atom stereocenters. The molecule has 3 N–H and O–H groups in total. The van der Waals surface area contributed by atoms with Crippen LogP contribution < -0.4 is 11.1 Å². The summed E-state index contributed by atoms with van der Waals surface area (Å²) >= 11 is 6.93. The standard InChI is InChI=1S/C14H11ClFN5OS/c1-7(23-14-19-6-8(5-17)12(18)21-14)13(22)20-11-3-2-9(16)4-10(11)15/h2-4,6-7H,1H3,(H,20,22)(H2,18,19,21)/t7-/m0/s1. The van der Waals surface area contributed by atoms with Crippen LogP contribution in [0.4, 0.5) is 15.9 Å². The Kier molecular flexibility index (Phi) is 5.36. The fraction of sp³-hybridized carbons (Fsp3) is 0.143. The van der Waals surface area contributed by atoms with Gasteiger partial charge in [0.05, 0.1) is 22.2 Å². The summed E-state index contributed by atoms with van der Waals surface area (Å²) < 4.78 is 13.0. The number of aromatic nitrogens is 2. The van der Waals surface area contributed by atoms with Crippen LogP contribution in [0.25, 0.3) is 0 Å². The first-order valence-electron chi connectivity index (χ1n) is 6.36. The molecular formula is C14H11ClFN5OS. The molecule has 1 aromatic carbocycles. The van der Waals surface area contributed by atoms with Gasteiger partial charge in [-0.2, -0.15) is 5.26 Å². The average Bonchev–Trinajstić information content (AvgIpc) is 2.50. The SMILES string of the molecule is C[C@H](Sc1ncc(C#N)c(N)n1)C(=O)Nc1ccc(F)cc1Cl. The summed E-state index contributed by atoms with van der Waals surface area (Å²) in [6.07, 6.45) is 1.30. The Hall–Kier alpha value is -2.37. The molecule has 0 bridgehead atoms. The van der Waals surface area contributed by atoms with Gasteiger partial charge in [-0.15, -0.1) is 0 Å². The van der Waals surface area contributed by atoms with Crippen molar-refractivity contribution >= 4 is 40.8 Å². The maximum atomic E-state index is 13.0. The van der Waals surface area contributed by atoms with Crippen molar-refractivity contribution in [2.45, 2.75) is 17.3 Å². The van der Waals surface area contributed by atoms with Gasteiger partial charge in [-0.3, -0.25) is 4.79 Å². The summed E-state index contributed by atoms with van der Waals surface area (Å²) in [4.78, 5) is 20.1. The van der Waals surface area contributed by atoms with Crippen LogP contribution in [0.2, 0.25) is 5.02 Å². The van der Waals surface area contributed by atoms with Crippen LogP contribution in [0.5, 0.6) is 0 Å². The van der Waals surface area contributed by atoms with Crippen LogP contribution in [-0.4, -0.2) is 21.1 Å². The minimum Gasteiger partial charge on any atom is -0.382 e. The number of nitrogens with one attached hydrogen (secondary N) is 1. The van der Waals surface area contributed by atoms with E-state index in [0.717, 1.165) is 17.8 Å². The Labute approximate surface area is 140 Å². The number of carbonyl (C=O) groups is 1. The molecular weight excluding hydrogens is 341 g/mol. The molecule has 118 valence electrons. The van der Waals surface area contributed by atoms with Crippen molar-refractivity contribution < 1.29 is 9.18 Å². The third kappa shape index (κ3) is 4.31. The molecule has 0 radical (unpaired) electrons. The number of nitrogens with two attached hydrogens (primary N) is 1. The summed E-state index contributed by atoms with van der Waals surface area (Å²) in [6, 6.07) is 5.54. The molecule has 1 atom stereocenters. The van der Waals surface area contributed by atoms with Crippen LogP contribution in [0.1, 0.15) is 12.5 Å². The summed E-state index contributed by atoms with van der Waals surface area (Å²) in [5, 5.41) is 11.2. The minimum absolute atomic E-state index is 0.0548. The number of hydrogen-bond donors (Lipinski definition) is 2. The van der Waals surface area contributed by atoms with Crippen molar-refractivity contribution in [3.8, 4) is 6.07 Å². The molecule has 2 aromatic rings. The summed E-state index contributed by atoms with van der Waals surface area (Å²) in [5.41, 5.74) is 6.08. The maximum absolute atomic E-state index is 13.0. The van der Waals surface area contributed by atoms with E-state index in [4.69, 9.17) is 22.6 Å². The van der Waals surface area contributed by atoms with Gasteiger partial charge in [0.15, 0.2) is 5.16 Å². The van der Waals surface area contributed by atoms with E-state index in [-0.39, 0.29) is 27.5 Å². The number of thioether (sulfide) groups is 1. The van der Waals surface area contributed by atoms with Gasteiger partial charge in [-0.05, 0) is 25.1 Å². The molecule has 0 aliphatic heterocycles. The van der Waals surface area contributed by atoms with E-state index in [9.17, 15) is 9.18 Å². The zero-order valence-corrected chi connectivity index (χ0v) is 13.5. The van der Waals surface area contributed by atoms with Crippen molar-refractivity contribution in [2.75, 3.05) is 11.1 Å². The predicted octanol–water partition coefficient (Wildman–Crippen LogP) is 2.84. The minimum atomic E-state index is -0.552. The fourth-order valence-corrected chi connectivity index (χ4v) is 2.52. The number of nitrogens with zero attached hydrogens (tertiary/aromatic N) is 3. The van der Waals surface area contributed by atoms with Crippen molar-refractivity contribution in [1.82, 2.24) is 9.97 Å². The topological polar surface area (TPSA) is 105 Å². The van der Waals surface area contributed by atoms with E-state index in [0.29, 0.717) is 5.69 Å². The lowest BCUT2D eigenvalue weighted by Crippen LogP contribution is -2.23. The monoisotopic (exact) mass is 351 g/mol. The molecule has 0 fully saturated rings. The van der Waals surface area contributed by atoms with Gasteiger partial charge in [0, 0.05) is 0 Å². The molecule has 0 spiro atoms. The number of amides is 1.